The average molecular weight is 286 g/mol. The second-order valence-corrected chi connectivity index (χ2v) is 6.08. The lowest BCUT2D eigenvalue weighted by Gasteiger charge is -2.35. The third-order valence-corrected chi connectivity index (χ3v) is 4.76. The van der Waals surface area contributed by atoms with Gasteiger partial charge in [0.15, 0.2) is 0 Å². The molecule has 2 aliphatic rings. The van der Waals surface area contributed by atoms with Gasteiger partial charge in [0.1, 0.15) is 0 Å². The first-order chi connectivity index (χ1) is 10.7. The van der Waals surface area contributed by atoms with Crippen molar-refractivity contribution in [3.05, 3.63) is 83.9 Å². The van der Waals surface area contributed by atoms with E-state index in [-0.39, 0.29) is 11.5 Å². The van der Waals surface area contributed by atoms with Crippen LogP contribution < -0.4 is 4.90 Å². The molecule has 3 heteroatoms. The SMILES string of the molecule is CC12C=C([B]O)C=CC1N(c1ccccc1)c1ccccc12. The molecule has 22 heavy (non-hydrogen) atoms. The van der Waals surface area contributed by atoms with Gasteiger partial charge in [0.2, 0.25) is 0 Å². The van der Waals surface area contributed by atoms with Crippen LogP contribution >= 0.6 is 0 Å². The molecule has 4 rings (SSSR count). The highest BCUT2D eigenvalue weighted by Crippen LogP contribution is 2.51. The number of allylic oxidation sites excluding steroid dienone is 2. The Balaban J connectivity index is 1.93. The van der Waals surface area contributed by atoms with E-state index in [9.17, 15) is 5.02 Å². The number of fused-ring (bicyclic) bond motifs is 3. The Morgan fingerprint density at radius 2 is 1.77 bits per heavy atom. The molecule has 107 valence electrons. The first-order valence-electron chi connectivity index (χ1n) is 7.56. The summed E-state index contributed by atoms with van der Waals surface area (Å²) in [4.78, 5) is 2.39. The van der Waals surface area contributed by atoms with Crippen LogP contribution in [0, 0.1) is 0 Å². The molecular weight excluding hydrogens is 269 g/mol. The predicted octanol–water partition coefficient (Wildman–Crippen LogP) is 3.53. The van der Waals surface area contributed by atoms with Gasteiger partial charge in [-0.15, -0.1) is 0 Å². The Bertz CT molecular complexity index is 768. The zero-order valence-corrected chi connectivity index (χ0v) is 12.5. The van der Waals surface area contributed by atoms with Crippen molar-refractivity contribution in [3.8, 4) is 0 Å². The average Bonchev–Trinajstić information content (AvgIpc) is 2.84. The van der Waals surface area contributed by atoms with E-state index in [4.69, 9.17) is 0 Å². The molecule has 0 bridgehead atoms. The summed E-state index contributed by atoms with van der Waals surface area (Å²) in [5.74, 6) is 0. The Morgan fingerprint density at radius 3 is 2.55 bits per heavy atom. The van der Waals surface area contributed by atoms with Crippen LogP contribution in [0.5, 0.6) is 0 Å². The van der Waals surface area contributed by atoms with Crippen molar-refractivity contribution in [2.24, 2.45) is 0 Å². The minimum absolute atomic E-state index is 0.143. The van der Waals surface area contributed by atoms with Gasteiger partial charge in [-0.1, -0.05) is 60.1 Å². The lowest BCUT2D eigenvalue weighted by molar-refractivity contribution is 0.545. The Labute approximate surface area is 131 Å². The summed E-state index contributed by atoms with van der Waals surface area (Å²) >= 11 is 0. The topological polar surface area (TPSA) is 23.5 Å². The molecule has 0 aromatic heterocycles. The molecule has 2 atom stereocenters. The summed E-state index contributed by atoms with van der Waals surface area (Å²) < 4.78 is 0. The van der Waals surface area contributed by atoms with E-state index in [1.165, 1.54) is 24.4 Å². The summed E-state index contributed by atoms with van der Waals surface area (Å²) in [6.07, 6.45) is 6.35. The molecule has 1 N–H and O–H groups in total. The second kappa shape index (κ2) is 4.89. The van der Waals surface area contributed by atoms with E-state index in [0.717, 1.165) is 5.47 Å². The van der Waals surface area contributed by atoms with Crippen LogP contribution in [-0.2, 0) is 5.41 Å². The maximum Gasteiger partial charge on any atom is 0.326 e. The van der Waals surface area contributed by atoms with Crippen LogP contribution in [-0.4, -0.2) is 18.5 Å². The minimum Gasteiger partial charge on any atom is -0.450 e. The summed E-state index contributed by atoms with van der Waals surface area (Å²) in [7, 11) is 1.19. The third-order valence-electron chi connectivity index (χ3n) is 4.76. The van der Waals surface area contributed by atoms with Crippen molar-refractivity contribution < 1.29 is 5.02 Å². The molecule has 1 radical (unpaired) electrons. The van der Waals surface area contributed by atoms with Gasteiger partial charge in [0, 0.05) is 16.8 Å². The van der Waals surface area contributed by atoms with E-state index in [2.05, 4.69) is 72.5 Å². The standard InChI is InChI=1S/C19H17BNO/c1-19-13-14(20-22)11-12-18(19)21(15-7-3-2-4-8-15)17-10-6-5-9-16(17)19/h2-13,18,22H,1H3. The maximum atomic E-state index is 9.40. The molecule has 1 aliphatic carbocycles. The Hall–Kier alpha value is -2.26. The zero-order chi connectivity index (χ0) is 15.2. The van der Waals surface area contributed by atoms with E-state index < -0.39 is 0 Å². The van der Waals surface area contributed by atoms with Gasteiger partial charge in [-0.05, 0) is 30.7 Å². The van der Waals surface area contributed by atoms with E-state index in [1.807, 2.05) is 12.1 Å². The van der Waals surface area contributed by atoms with Crippen LogP contribution in [0.2, 0.25) is 0 Å². The van der Waals surface area contributed by atoms with Crippen molar-refractivity contribution in [3.63, 3.8) is 0 Å². The van der Waals surface area contributed by atoms with Crippen LogP contribution in [0.4, 0.5) is 11.4 Å². The van der Waals surface area contributed by atoms with Crippen molar-refractivity contribution in [1.82, 2.24) is 0 Å². The van der Waals surface area contributed by atoms with Gasteiger partial charge in [-0.3, -0.25) is 0 Å². The number of para-hydroxylation sites is 2. The lowest BCUT2D eigenvalue weighted by Crippen LogP contribution is -2.40. The van der Waals surface area contributed by atoms with Crippen molar-refractivity contribution in [2.75, 3.05) is 4.90 Å². The number of hydrogen-bond donors (Lipinski definition) is 1. The fourth-order valence-electron chi connectivity index (χ4n) is 3.73. The third kappa shape index (κ3) is 1.79. The van der Waals surface area contributed by atoms with Gasteiger partial charge in [0.25, 0.3) is 0 Å². The van der Waals surface area contributed by atoms with Crippen LogP contribution in [0.3, 0.4) is 0 Å². The molecule has 0 amide bonds. The molecule has 2 unspecified atom stereocenters. The lowest BCUT2D eigenvalue weighted by atomic mass is 9.69. The van der Waals surface area contributed by atoms with Crippen LogP contribution in [0.1, 0.15) is 12.5 Å². The van der Waals surface area contributed by atoms with Gasteiger partial charge in [-0.2, -0.15) is 0 Å². The zero-order valence-electron chi connectivity index (χ0n) is 12.5. The molecule has 1 heterocycles. The van der Waals surface area contributed by atoms with Gasteiger partial charge in [0.05, 0.1) is 6.04 Å². The Kier molecular flexibility index (Phi) is 2.98. The van der Waals surface area contributed by atoms with Gasteiger partial charge in [-0.25, -0.2) is 0 Å². The van der Waals surface area contributed by atoms with E-state index in [0.29, 0.717) is 0 Å². The molecule has 0 saturated carbocycles. The van der Waals surface area contributed by atoms with E-state index in [1.54, 1.807) is 0 Å². The van der Waals surface area contributed by atoms with E-state index >= 15 is 0 Å². The summed E-state index contributed by atoms with van der Waals surface area (Å²) in [5, 5.41) is 9.40. The molecule has 1 aliphatic heterocycles. The molecule has 0 saturated heterocycles. The minimum atomic E-state index is -0.143. The summed E-state index contributed by atoms with van der Waals surface area (Å²) in [6, 6.07) is 19.2. The number of hydrogen-bond acceptors (Lipinski definition) is 2. The molecule has 0 fully saturated rings. The van der Waals surface area contributed by atoms with Gasteiger partial charge >= 0.3 is 7.48 Å². The molecule has 2 aromatic carbocycles. The molecular formula is C19H17BNO. The molecule has 2 aromatic rings. The van der Waals surface area contributed by atoms with Crippen molar-refractivity contribution in [1.29, 1.82) is 0 Å². The molecule has 0 spiro atoms. The van der Waals surface area contributed by atoms with Crippen molar-refractivity contribution >= 4 is 18.9 Å². The highest BCUT2D eigenvalue weighted by Gasteiger charge is 2.46. The fraction of sp³-hybridized carbons (Fsp3) is 0.158. The number of anilines is 2. The number of rotatable bonds is 2. The number of nitrogens with zero attached hydrogens (tertiary/aromatic N) is 1. The first-order valence-corrected chi connectivity index (χ1v) is 7.56. The number of benzene rings is 2. The smallest absolute Gasteiger partial charge is 0.326 e. The highest BCUT2D eigenvalue weighted by atomic mass is 16.2. The highest BCUT2D eigenvalue weighted by molar-refractivity contribution is 6.38. The second-order valence-electron chi connectivity index (χ2n) is 6.08. The summed E-state index contributed by atoms with van der Waals surface area (Å²) in [6.45, 7) is 2.24. The Morgan fingerprint density at radius 1 is 1.05 bits per heavy atom. The quantitative estimate of drug-likeness (QED) is 0.854. The monoisotopic (exact) mass is 286 g/mol. The molecule has 2 nitrogen and oxygen atoms in total. The maximum absolute atomic E-state index is 9.40. The predicted molar refractivity (Wildman–Crippen MR) is 91.4 cm³/mol. The first kappa shape index (κ1) is 13.4. The fourth-order valence-corrected chi connectivity index (χ4v) is 3.73. The van der Waals surface area contributed by atoms with Gasteiger partial charge < -0.3 is 9.92 Å². The largest absolute Gasteiger partial charge is 0.450 e. The van der Waals surface area contributed by atoms with Crippen LogP contribution in [0.25, 0.3) is 0 Å². The van der Waals surface area contributed by atoms with Crippen molar-refractivity contribution in [2.45, 2.75) is 18.4 Å². The summed E-state index contributed by atoms with van der Waals surface area (Å²) in [5.41, 5.74) is 4.45. The normalized spacial score (nSPS) is 25.5. The van der Waals surface area contributed by atoms with Crippen LogP contribution in [0.15, 0.2) is 78.3 Å².